The SMILES string of the molecule is C=C1CCCC(C)(C)C1/C=C/C(C)C=O. The molecule has 2 atom stereocenters. The Morgan fingerprint density at radius 1 is 1.53 bits per heavy atom. The lowest BCUT2D eigenvalue weighted by atomic mass is 9.66. The minimum absolute atomic E-state index is 0.0236. The van der Waals surface area contributed by atoms with E-state index in [4.69, 9.17) is 0 Å². The van der Waals surface area contributed by atoms with Gasteiger partial charge in [0.25, 0.3) is 0 Å². The van der Waals surface area contributed by atoms with Crippen LogP contribution in [0.5, 0.6) is 0 Å². The Kier molecular flexibility index (Phi) is 3.90. The van der Waals surface area contributed by atoms with Gasteiger partial charge in [-0.05, 0) is 24.7 Å². The highest BCUT2D eigenvalue weighted by Gasteiger charge is 2.32. The van der Waals surface area contributed by atoms with E-state index in [2.05, 4.69) is 26.5 Å². The monoisotopic (exact) mass is 206 g/mol. The topological polar surface area (TPSA) is 17.1 Å². The minimum Gasteiger partial charge on any atom is -0.303 e. The van der Waals surface area contributed by atoms with E-state index in [1.165, 1.54) is 18.4 Å². The molecule has 0 bridgehead atoms. The first-order valence-corrected chi connectivity index (χ1v) is 5.78. The second-order valence-corrected chi connectivity index (χ2v) is 5.36. The molecule has 1 heteroatoms. The molecule has 2 unspecified atom stereocenters. The molecular formula is C14H22O. The van der Waals surface area contributed by atoms with Gasteiger partial charge < -0.3 is 4.79 Å². The van der Waals surface area contributed by atoms with Gasteiger partial charge in [0, 0.05) is 11.8 Å². The number of allylic oxidation sites excluding steroid dienone is 3. The Hall–Kier alpha value is -0.850. The highest BCUT2D eigenvalue weighted by atomic mass is 16.1. The van der Waals surface area contributed by atoms with E-state index < -0.39 is 0 Å². The molecule has 0 aliphatic heterocycles. The first-order valence-electron chi connectivity index (χ1n) is 5.78. The summed E-state index contributed by atoms with van der Waals surface area (Å²) in [4.78, 5) is 10.5. The summed E-state index contributed by atoms with van der Waals surface area (Å²) in [6.45, 7) is 10.7. The summed E-state index contributed by atoms with van der Waals surface area (Å²) in [5.74, 6) is 0.462. The third-order valence-electron chi connectivity index (χ3n) is 3.42. The Morgan fingerprint density at radius 3 is 2.73 bits per heavy atom. The van der Waals surface area contributed by atoms with E-state index in [1.807, 2.05) is 13.0 Å². The van der Waals surface area contributed by atoms with Crippen LogP contribution in [-0.4, -0.2) is 6.29 Å². The van der Waals surface area contributed by atoms with Crippen LogP contribution in [0.1, 0.15) is 40.0 Å². The van der Waals surface area contributed by atoms with Crippen molar-refractivity contribution in [1.29, 1.82) is 0 Å². The average Bonchev–Trinajstić information content (AvgIpc) is 2.15. The Labute approximate surface area is 93.3 Å². The fourth-order valence-corrected chi connectivity index (χ4v) is 2.36. The predicted molar refractivity (Wildman–Crippen MR) is 64.6 cm³/mol. The summed E-state index contributed by atoms with van der Waals surface area (Å²) >= 11 is 0. The van der Waals surface area contributed by atoms with Crippen molar-refractivity contribution in [3.05, 3.63) is 24.3 Å². The Morgan fingerprint density at radius 2 is 2.20 bits per heavy atom. The quantitative estimate of drug-likeness (QED) is 0.507. The molecule has 15 heavy (non-hydrogen) atoms. The maximum atomic E-state index is 10.5. The van der Waals surface area contributed by atoms with Crippen LogP contribution < -0.4 is 0 Å². The summed E-state index contributed by atoms with van der Waals surface area (Å²) in [7, 11) is 0. The highest BCUT2D eigenvalue weighted by molar-refractivity contribution is 5.55. The van der Waals surface area contributed by atoms with Gasteiger partial charge >= 0.3 is 0 Å². The highest BCUT2D eigenvalue weighted by Crippen LogP contribution is 2.43. The number of hydrogen-bond donors (Lipinski definition) is 0. The van der Waals surface area contributed by atoms with Crippen molar-refractivity contribution in [2.75, 3.05) is 0 Å². The van der Waals surface area contributed by atoms with Crippen molar-refractivity contribution in [3.63, 3.8) is 0 Å². The van der Waals surface area contributed by atoms with E-state index in [1.54, 1.807) is 0 Å². The van der Waals surface area contributed by atoms with Gasteiger partial charge in [-0.25, -0.2) is 0 Å². The summed E-state index contributed by atoms with van der Waals surface area (Å²) in [6, 6.07) is 0. The molecule has 1 fully saturated rings. The lowest BCUT2D eigenvalue weighted by molar-refractivity contribution is -0.109. The molecule has 84 valence electrons. The number of carbonyl (C=O) groups is 1. The Bertz CT molecular complexity index is 273. The van der Waals surface area contributed by atoms with Crippen molar-refractivity contribution in [1.82, 2.24) is 0 Å². The zero-order valence-electron chi connectivity index (χ0n) is 10.1. The van der Waals surface area contributed by atoms with Gasteiger partial charge in [-0.15, -0.1) is 0 Å². The fraction of sp³-hybridized carbons (Fsp3) is 0.643. The van der Waals surface area contributed by atoms with E-state index in [9.17, 15) is 4.79 Å². The number of aldehydes is 1. The first-order chi connectivity index (χ1) is 6.97. The molecule has 0 aromatic rings. The molecule has 0 aromatic heterocycles. The molecule has 0 radical (unpaired) electrons. The van der Waals surface area contributed by atoms with E-state index in [0.29, 0.717) is 11.3 Å². The normalized spacial score (nSPS) is 27.9. The van der Waals surface area contributed by atoms with Crippen molar-refractivity contribution < 1.29 is 4.79 Å². The van der Waals surface area contributed by atoms with Crippen LogP contribution in [0.2, 0.25) is 0 Å². The van der Waals surface area contributed by atoms with Gasteiger partial charge in [0.1, 0.15) is 6.29 Å². The molecular weight excluding hydrogens is 184 g/mol. The number of rotatable bonds is 3. The molecule has 0 amide bonds. The third kappa shape index (κ3) is 3.05. The number of carbonyl (C=O) groups excluding carboxylic acids is 1. The zero-order valence-corrected chi connectivity index (χ0v) is 10.1. The second kappa shape index (κ2) is 4.78. The standard InChI is InChI=1S/C14H22O/c1-11(10-15)7-8-13-12(2)6-5-9-14(13,3)4/h7-8,10-11,13H,2,5-6,9H2,1,3-4H3/b8-7+. The van der Waals surface area contributed by atoms with Crippen LogP contribution in [0.3, 0.4) is 0 Å². The largest absolute Gasteiger partial charge is 0.303 e. The molecule has 1 aliphatic rings. The lowest BCUT2D eigenvalue weighted by Gasteiger charge is -2.38. The third-order valence-corrected chi connectivity index (χ3v) is 3.42. The smallest absolute Gasteiger partial charge is 0.126 e. The maximum Gasteiger partial charge on any atom is 0.126 e. The van der Waals surface area contributed by atoms with Gasteiger partial charge in [0.05, 0.1) is 0 Å². The van der Waals surface area contributed by atoms with Crippen LogP contribution >= 0.6 is 0 Å². The molecule has 0 spiro atoms. The van der Waals surface area contributed by atoms with Gasteiger partial charge in [-0.1, -0.05) is 45.1 Å². The Balaban J connectivity index is 2.75. The summed E-state index contributed by atoms with van der Waals surface area (Å²) in [6.07, 6.45) is 8.80. The van der Waals surface area contributed by atoms with Crippen LogP contribution in [-0.2, 0) is 4.79 Å². The van der Waals surface area contributed by atoms with Crippen LogP contribution in [0.25, 0.3) is 0 Å². The second-order valence-electron chi connectivity index (χ2n) is 5.36. The molecule has 0 saturated heterocycles. The van der Waals surface area contributed by atoms with Crippen molar-refractivity contribution >= 4 is 6.29 Å². The summed E-state index contributed by atoms with van der Waals surface area (Å²) in [5.41, 5.74) is 1.62. The molecule has 0 aromatic carbocycles. The molecule has 1 aliphatic carbocycles. The summed E-state index contributed by atoms with van der Waals surface area (Å²) in [5, 5.41) is 0. The molecule has 1 nitrogen and oxygen atoms in total. The van der Waals surface area contributed by atoms with Crippen molar-refractivity contribution in [3.8, 4) is 0 Å². The number of hydrogen-bond acceptors (Lipinski definition) is 1. The molecule has 1 saturated carbocycles. The van der Waals surface area contributed by atoms with Crippen LogP contribution in [0.4, 0.5) is 0 Å². The van der Waals surface area contributed by atoms with Gasteiger partial charge in [-0.2, -0.15) is 0 Å². The average molecular weight is 206 g/mol. The molecule has 0 N–H and O–H groups in total. The predicted octanol–water partition coefficient (Wildman–Crippen LogP) is 3.76. The van der Waals surface area contributed by atoms with E-state index in [0.717, 1.165) is 12.7 Å². The summed E-state index contributed by atoms with van der Waals surface area (Å²) < 4.78 is 0. The fourth-order valence-electron chi connectivity index (χ4n) is 2.36. The lowest BCUT2D eigenvalue weighted by Crippen LogP contribution is -2.28. The molecule has 0 heterocycles. The first kappa shape index (κ1) is 12.2. The van der Waals surface area contributed by atoms with Gasteiger partial charge in [-0.3, -0.25) is 0 Å². The van der Waals surface area contributed by atoms with E-state index in [-0.39, 0.29) is 5.92 Å². The van der Waals surface area contributed by atoms with Crippen LogP contribution in [0, 0.1) is 17.3 Å². The van der Waals surface area contributed by atoms with Crippen molar-refractivity contribution in [2.24, 2.45) is 17.3 Å². The molecule has 1 rings (SSSR count). The van der Waals surface area contributed by atoms with Crippen LogP contribution in [0.15, 0.2) is 24.3 Å². The van der Waals surface area contributed by atoms with Crippen molar-refractivity contribution in [2.45, 2.75) is 40.0 Å². The van der Waals surface area contributed by atoms with Gasteiger partial charge in [0.2, 0.25) is 0 Å². The van der Waals surface area contributed by atoms with Gasteiger partial charge in [0.15, 0.2) is 0 Å². The maximum absolute atomic E-state index is 10.5. The minimum atomic E-state index is 0.0236. The van der Waals surface area contributed by atoms with E-state index >= 15 is 0 Å². The zero-order chi connectivity index (χ0) is 11.5.